The second-order valence-corrected chi connectivity index (χ2v) is 5.73. The molecule has 0 saturated carbocycles. The maximum Gasteiger partial charge on any atom is 0.319 e. The van der Waals surface area contributed by atoms with Crippen molar-refractivity contribution in [1.82, 2.24) is 15.3 Å². The number of hydrogen-bond donors (Lipinski definition) is 3. The summed E-state index contributed by atoms with van der Waals surface area (Å²) in [5, 5.41) is 9.21. The topological polar surface area (TPSA) is 78.9 Å². The van der Waals surface area contributed by atoms with Crippen LogP contribution in [0.1, 0.15) is 17.7 Å². The highest BCUT2D eigenvalue weighted by Crippen LogP contribution is 2.19. The fraction of sp³-hybridized carbons (Fsp3) is 0.312. The van der Waals surface area contributed by atoms with Crippen molar-refractivity contribution in [3.8, 4) is 0 Å². The van der Waals surface area contributed by atoms with E-state index < -0.39 is 0 Å². The quantitative estimate of drug-likeness (QED) is 0.753. The van der Waals surface area contributed by atoms with Crippen molar-refractivity contribution in [3.63, 3.8) is 0 Å². The lowest BCUT2D eigenvalue weighted by atomic mass is 10.1. The molecular formula is C16H18ClN5O. The van der Waals surface area contributed by atoms with Gasteiger partial charge < -0.3 is 16.0 Å². The standard InChI is InChI=1S/C16H18ClN5O/c17-14-6-5-13(10-20-14)22-16(23)19-9-7-12-4-3-11-2-1-8-18-15(11)21-12/h3-6,10H,1-2,7-9H2,(H,18,21)(H2,19,22,23). The van der Waals surface area contributed by atoms with Crippen molar-refractivity contribution in [3.05, 3.63) is 46.9 Å². The number of anilines is 2. The number of halogens is 1. The minimum absolute atomic E-state index is 0.273. The minimum Gasteiger partial charge on any atom is -0.370 e. The van der Waals surface area contributed by atoms with Gasteiger partial charge in [-0.3, -0.25) is 0 Å². The largest absolute Gasteiger partial charge is 0.370 e. The van der Waals surface area contributed by atoms with Gasteiger partial charge in [0.2, 0.25) is 0 Å². The summed E-state index contributed by atoms with van der Waals surface area (Å²) in [7, 11) is 0. The van der Waals surface area contributed by atoms with Crippen LogP contribution in [-0.4, -0.2) is 29.1 Å². The molecule has 2 aromatic heterocycles. The molecule has 2 amide bonds. The molecule has 0 bridgehead atoms. The summed E-state index contributed by atoms with van der Waals surface area (Å²) in [4.78, 5) is 20.3. The molecule has 1 aliphatic heterocycles. The fourth-order valence-electron chi connectivity index (χ4n) is 2.44. The number of aryl methyl sites for hydroxylation is 1. The Bertz CT molecular complexity index is 689. The molecule has 0 aromatic carbocycles. The van der Waals surface area contributed by atoms with Crippen LogP contribution in [0.5, 0.6) is 0 Å². The lowest BCUT2D eigenvalue weighted by molar-refractivity contribution is 0.252. The van der Waals surface area contributed by atoms with Crippen LogP contribution in [0.2, 0.25) is 5.15 Å². The first kappa shape index (κ1) is 15.6. The van der Waals surface area contributed by atoms with Crippen molar-refractivity contribution in [2.75, 3.05) is 23.7 Å². The SMILES string of the molecule is O=C(NCCc1ccc2c(n1)NCCC2)Nc1ccc(Cl)nc1. The summed E-state index contributed by atoms with van der Waals surface area (Å²) < 4.78 is 0. The van der Waals surface area contributed by atoms with Gasteiger partial charge in [-0.25, -0.2) is 14.8 Å². The fourth-order valence-corrected chi connectivity index (χ4v) is 2.55. The second kappa shape index (κ2) is 7.28. The monoisotopic (exact) mass is 331 g/mol. The van der Waals surface area contributed by atoms with Crippen LogP contribution in [0, 0.1) is 0 Å². The maximum absolute atomic E-state index is 11.8. The van der Waals surface area contributed by atoms with E-state index in [1.165, 1.54) is 11.8 Å². The Kier molecular flexibility index (Phi) is 4.92. The maximum atomic E-state index is 11.8. The van der Waals surface area contributed by atoms with E-state index in [1.54, 1.807) is 12.1 Å². The van der Waals surface area contributed by atoms with Gasteiger partial charge in [0.25, 0.3) is 0 Å². The number of amides is 2. The van der Waals surface area contributed by atoms with E-state index in [9.17, 15) is 4.79 Å². The third-order valence-corrected chi connectivity index (χ3v) is 3.83. The van der Waals surface area contributed by atoms with Gasteiger partial charge in [-0.2, -0.15) is 0 Å². The smallest absolute Gasteiger partial charge is 0.319 e. The summed E-state index contributed by atoms with van der Waals surface area (Å²) in [5.41, 5.74) is 2.83. The number of pyridine rings is 2. The molecule has 3 heterocycles. The number of rotatable bonds is 4. The van der Waals surface area contributed by atoms with E-state index in [-0.39, 0.29) is 6.03 Å². The molecule has 0 atom stereocenters. The van der Waals surface area contributed by atoms with Crippen LogP contribution in [0.25, 0.3) is 0 Å². The Morgan fingerprint density at radius 3 is 3.04 bits per heavy atom. The first-order chi connectivity index (χ1) is 11.2. The van der Waals surface area contributed by atoms with E-state index in [2.05, 4.69) is 32.0 Å². The summed E-state index contributed by atoms with van der Waals surface area (Å²) in [5.74, 6) is 0.977. The Morgan fingerprint density at radius 1 is 1.30 bits per heavy atom. The predicted molar refractivity (Wildman–Crippen MR) is 91.0 cm³/mol. The van der Waals surface area contributed by atoms with Crippen molar-refractivity contribution >= 4 is 29.1 Å². The Balaban J connectivity index is 1.47. The number of fused-ring (bicyclic) bond motifs is 1. The molecule has 0 aliphatic carbocycles. The molecule has 23 heavy (non-hydrogen) atoms. The van der Waals surface area contributed by atoms with E-state index in [4.69, 9.17) is 11.6 Å². The van der Waals surface area contributed by atoms with E-state index in [1.807, 2.05) is 6.07 Å². The van der Waals surface area contributed by atoms with Gasteiger partial charge in [-0.05, 0) is 36.6 Å². The third-order valence-electron chi connectivity index (χ3n) is 3.60. The molecule has 0 saturated heterocycles. The Labute approximate surface area is 139 Å². The molecule has 2 aromatic rings. The molecular weight excluding hydrogens is 314 g/mol. The average Bonchev–Trinajstić information content (AvgIpc) is 2.57. The van der Waals surface area contributed by atoms with E-state index >= 15 is 0 Å². The average molecular weight is 332 g/mol. The van der Waals surface area contributed by atoms with Crippen LogP contribution in [0.15, 0.2) is 30.5 Å². The van der Waals surface area contributed by atoms with Crippen molar-refractivity contribution in [1.29, 1.82) is 0 Å². The first-order valence-electron chi connectivity index (χ1n) is 7.60. The zero-order chi connectivity index (χ0) is 16.1. The van der Waals surface area contributed by atoms with Crippen LogP contribution in [0.4, 0.5) is 16.3 Å². The number of carbonyl (C=O) groups excluding carboxylic acids is 1. The van der Waals surface area contributed by atoms with Gasteiger partial charge in [-0.1, -0.05) is 17.7 Å². The predicted octanol–water partition coefficient (Wildman–Crippen LogP) is 2.85. The van der Waals surface area contributed by atoms with Gasteiger partial charge in [0.05, 0.1) is 11.9 Å². The van der Waals surface area contributed by atoms with Crippen LogP contribution < -0.4 is 16.0 Å². The molecule has 0 spiro atoms. The zero-order valence-electron chi connectivity index (χ0n) is 12.6. The number of carbonyl (C=O) groups is 1. The van der Waals surface area contributed by atoms with Gasteiger partial charge >= 0.3 is 6.03 Å². The number of nitrogens with one attached hydrogen (secondary N) is 3. The summed E-state index contributed by atoms with van der Waals surface area (Å²) in [6.07, 6.45) is 4.42. The molecule has 1 aliphatic rings. The molecule has 0 fully saturated rings. The lowest BCUT2D eigenvalue weighted by Crippen LogP contribution is -2.30. The molecule has 7 heteroatoms. The molecule has 120 valence electrons. The number of aromatic nitrogens is 2. The number of nitrogens with zero attached hydrogens (tertiary/aromatic N) is 2. The highest BCUT2D eigenvalue weighted by atomic mass is 35.5. The zero-order valence-corrected chi connectivity index (χ0v) is 13.4. The van der Waals surface area contributed by atoms with E-state index in [0.717, 1.165) is 30.9 Å². The minimum atomic E-state index is -0.273. The van der Waals surface area contributed by atoms with Crippen LogP contribution in [0.3, 0.4) is 0 Å². The van der Waals surface area contributed by atoms with Crippen LogP contribution in [-0.2, 0) is 12.8 Å². The van der Waals surface area contributed by atoms with Crippen molar-refractivity contribution < 1.29 is 4.79 Å². The second-order valence-electron chi connectivity index (χ2n) is 5.34. The lowest BCUT2D eigenvalue weighted by Gasteiger charge is -2.17. The molecule has 3 N–H and O–H groups in total. The van der Waals surface area contributed by atoms with Crippen molar-refractivity contribution in [2.24, 2.45) is 0 Å². The summed E-state index contributed by atoms with van der Waals surface area (Å²) in [6.45, 7) is 1.48. The van der Waals surface area contributed by atoms with Gasteiger partial charge in [0, 0.05) is 25.2 Å². The van der Waals surface area contributed by atoms with E-state index in [0.29, 0.717) is 23.8 Å². The van der Waals surface area contributed by atoms with Crippen molar-refractivity contribution in [2.45, 2.75) is 19.3 Å². The Hall–Kier alpha value is -2.34. The Morgan fingerprint density at radius 2 is 2.22 bits per heavy atom. The van der Waals surface area contributed by atoms with Crippen LogP contribution >= 0.6 is 11.6 Å². The van der Waals surface area contributed by atoms with Gasteiger partial charge in [-0.15, -0.1) is 0 Å². The third kappa shape index (κ3) is 4.32. The van der Waals surface area contributed by atoms with Gasteiger partial charge in [0.15, 0.2) is 0 Å². The number of hydrogen-bond acceptors (Lipinski definition) is 4. The molecule has 0 radical (unpaired) electrons. The highest BCUT2D eigenvalue weighted by molar-refractivity contribution is 6.29. The summed E-state index contributed by atoms with van der Waals surface area (Å²) >= 11 is 5.70. The summed E-state index contributed by atoms with van der Waals surface area (Å²) in [6, 6.07) is 7.19. The normalized spacial score (nSPS) is 12.9. The number of urea groups is 1. The van der Waals surface area contributed by atoms with Gasteiger partial charge in [0.1, 0.15) is 11.0 Å². The molecule has 6 nitrogen and oxygen atoms in total. The molecule has 3 rings (SSSR count). The molecule has 0 unspecified atom stereocenters. The highest BCUT2D eigenvalue weighted by Gasteiger charge is 2.10. The first-order valence-corrected chi connectivity index (χ1v) is 7.97.